The zero-order valence-corrected chi connectivity index (χ0v) is 15.5. The fourth-order valence-corrected chi connectivity index (χ4v) is 2.33. The molecule has 0 aliphatic heterocycles. The minimum atomic E-state index is -0.587. The number of ether oxygens (including phenoxy) is 1. The quantitative estimate of drug-likeness (QED) is 0.531. The van der Waals surface area contributed by atoms with Crippen LogP contribution in [0.1, 0.15) is 51.7 Å². The van der Waals surface area contributed by atoms with Crippen LogP contribution in [0.15, 0.2) is 54.6 Å². The van der Waals surface area contributed by atoms with Crippen molar-refractivity contribution in [3.63, 3.8) is 0 Å². The van der Waals surface area contributed by atoms with E-state index in [1.165, 1.54) is 4.90 Å². The lowest BCUT2D eigenvalue weighted by molar-refractivity contribution is 0.0600. The van der Waals surface area contributed by atoms with Crippen LogP contribution in [0.3, 0.4) is 0 Å². The molecular formula is C22H25NO2. The molecule has 0 unspecified atom stereocenters. The Labute approximate surface area is 150 Å². The van der Waals surface area contributed by atoms with Gasteiger partial charge in [-0.15, -0.1) is 0 Å². The van der Waals surface area contributed by atoms with E-state index in [1.807, 2.05) is 75.4 Å². The summed E-state index contributed by atoms with van der Waals surface area (Å²) in [5, 5.41) is 0. The Morgan fingerprint density at radius 2 is 1.60 bits per heavy atom. The summed E-state index contributed by atoms with van der Waals surface area (Å²) >= 11 is 0. The molecule has 3 heteroatoms. The number of rotatable bonds is 2. The average Bonchev–Trinajstić information content (AvgIpc) is 2.54. The highest BCUT2D eigenvalue weighted by Crippen LogP contribution is 2.28. The summed E-state index contributed by atoms with van der Waals surface area (Å²) < 4.78 is 5.56. The summed E-state index contributed by atoms with van der Waals surface area (Å²) in [6, 6.07) is 20.4. The molecule has 0 aliphatic carbocycles. The van der Waals surface area contributed by atoms with E-state index in [4.69, 9.17) is 4.74 Å². The second-order valence-electron chi connectivity index (χ2n) is 7.13. The molecule has 0 aliphatic rings. The van der Waals surface area contributed by atoms with E-state index in [9.17, 15) is 4.79 Å². The molecule has 2 aromatic carbocycles. The van der Waals surface area contributed by atoms with Crippen molar-refractivity contribution < 1.29 is 9.53 Å². The Balaban J connectivity index is 2.47. The van der Waals surface area contributed by atoms with E-state index in [0.717, 1.165) is 16.8 Å². The van der Waals surface area contributed by atoms with Gasteiger partial charge in [0.05, 0.1) is 5.69 Å². The van der Waals surface area contributed by atoms with E-state index < -0.39 is 11.7 Å². The minimum Gasteiger partial charge on any atom is -0.443 e. The Morgan fingerprint density at radius 3 is 2.20 bits per heavy atom. The molecule has 25 heavy (non-hydrogen) atoms. The fourth-order valence-electron chi connectivity index (χ4n) is 2.33. The first-order valence-corrected chi connectivity index (χ1v) is 8.46. The third kappa shape index (κ3) is 5.39. The number of carbonyl (C=O) groups excluding carboxylic acids is 1. The van der Waals surface area contributed by atoms with Crippen molar-refractivity contribution in [3.8, 4) is 12.0 Å². The van der Waals surface area contributed by atoms with Crippen LogP contribution >= 0.6 is 0 Å². The van der Waals surface area contributed by atoms with Crippen molar-refractivity contribution in [1.82, 2.24) is 0 Å². The Bertz CT molecular complexity index is 777. The van der Waals surface area contributed by atoms with E-state index in [0.29, 0.717) is 0 Å². The zero-order chi connectivity index (χ0) is 18.4. The van der Waals surface area contributed by atoms with Gasteiger partial charge in [0.1, 0.15) is 5.60 Å². The normalized spacial score (nSPS) is 10.8. The zero-order valence-electron chi connectivity index (χ0n) is 15.5. The van der Waals surface area contributed by atoms with Gasteiger partial charge in [0.15, 0.2) is 0 Å². The lowest BCUT2D eigenvalue weighted by atomic mass is 10.0. The van der Waals surface area contributed by atoms with Gasteiger partial charge in [0, 0.05) is 11.6 Å². The number of hydrogen-bond donors (Lipinski definition) is 0. The molecular weight excluding hydrogens is 310 g/mol. The number of amides is 1. The molecule has 0 heterocycles. The molecule has 0 radical (unpaired) electrons. The molecule has 2 rings (SSSR count). The number of hydrogen-bond acceptors (Lipinski definition) is 2. The highest BCUT2D eigenvalue weighted by molar-refractivity contribution is 5.92. The third-order valence-corrected chi connectivity index (χ3v) is 3.46. The highest BCUT2D eigenvalue weighted by Gasteiger charge is 2.24. The second-order valence-corrected chi connectivity index (χ2v) is 7.13. The van der Waals surface area contributed by atoms with Crippen LogP contribution in [-0.4, -0.2) is 11.7 Å². The number of carbonyl (C=O) groups is 1. The maximum absolute atomic E-state index is 12.8. The second kappa shape index (κ2) is 7.90. The van der Waals surface area contributed by atoms with Crippen LogP contribution in [0.2, 0.25) is 0 Å². The van der Waals surface area contributed by atoms with Gasteiger partial charge in [0.25, 0.3) is 0 Å². The summed E-state index contributed by atoms with van der Waals surface area (Å²) in [6.45, 7) is 9.74. The van der Waals surface area contributed by atoms with Crippen LogP contribution in [0.25, 0.3) is 0 Å². The Kier molecular flexibility index (Phi) is 5.88. The lowest BCUT2D eigenvalue weighted by Gasteiger charge is -2.25. The average molecular weight is 335 g/mol. The first-order valence-electron chi connectivity index (χ1n) is 8.46. The molecule has 1 amide bonds. The van der Waals surface area contributed by atoms with Crippen LogP contribution in [0, 0.1) is 12.0 Å². The summed E-state index contributed by atoms with van der Waals surface area (Å²) in [5.74, 6) is 3.31. The summed E-state index contributed by atoms with van der Waals surface area (Å²) in [6.07, 6.45) is -0.468. The molecule has 130 valence electrons. The van der Waals surface area contributed by atoms with Gasteiger partial charge in [-0.25, -0.2) is 9.69 Å². The van der Waals surface area contributed by atoms with Gasteiger partial charge in [-0.2, -0.15) is 0 Å². The molecule has 0 atom stereocenters. The van der Waals surface area contributed by atoms with Crippen LogP contribution in [0.5, 0.6) is 0 Å². The van der Waals surface area contributed by atoms with E-state index >= 15 is 0 Å². The molecule has 0 saturated heterocycles. The molecule has 3 nitrogen and oxygen atoms in total. The molecule has 0 bridgehead atoms. The molecule has 0 N–H and O–H groups in total. The number of para-hydroxylation sites is 1. The van der Waals surface area contributed by atoms with Crippen molar-refractivity contribution >= 4 is 11.8 Å². The topological polar surface area (TPSA) is 29.5 Å². The van der Waals surface area contributed by atoms with Crippen molar-refractivity contribution in [1.29, 1.82) is 0 Å². The first kappa shape index (κ1) is 18.6. The van der Waals surface area contributed by atoms with Crippen molar-refractivity contribution in [3.05, 3.63) is 65.7 Å². The largest absolute Gasteiger partial charge is 0.443 e. The lowest BCUT2D eigenvalue weighted by Crippen LogP contribution is -2.34. The van der Waals surface area contributed by atoms with Gasteiger partial charge < -0.3 is 4.74 Å². The fraction of sp³-hybridized carbons (Fsp3) is 0.318. The molecule has 0 saturated carbocycles. The number of anilines is 1. The Hall–Kier alpha value is -2.73. The SMILES string of the molecule is CC(C)c1ccccc1N(C#Cc1ccccc1)C(=O)OC(C)(C)C. The minimum absolute atomic E-state index is 0.264. The third-order valence-electron chi connectivity index (χ3n) is 3.46. The maximum atomic E-state index is 12.8. The predicted molar refractivity (Wildman–Crippen MR) is 103 cm³/mol. The van der Waals surface area contributed by atoms with Crippen molar-refractivity contribution in [2.24, 2.45) is 0 Å². The molecule has 0 fully saturated rings. The van der Waals surface area contributed by atoms with Crippen LogP contribution in [0.4, 0.5) is 10.5 Å². The smallest absolute Gasteiger partial charge is 0.426 e. The van der Waals surface area contributed by atoms with E-state index in [-0.39, 0.29) is 5.92 Å². The summed E-state index contributed by atoms with van der Waals surface area (Å²) in [7, 11) is 0. The number of benzene rings is 2. The van der Waals surface area contributed by atoms with Crippen molar-refractivity contribution in [2.45, 2.75) is 46.1 Å². The standard InChI is InChI=1S/C22H25NO2/c1-17(2)19-13-9-10-14-20(19)23(21(24)25-22(3,4)5)16-15-18-11-7-6-8-12-18/h6-14,17H,1-5H3. The summed E-state index contributed by atoms with van der Waals surface area (Å²) in [4.78, 5) is 14.2. The maximum Gasteiger partial charge on any atom is 0.426 e. The molecule has 0 aromatic heterocycles. The van der Waals surface area contributed by atoms with Crippen molar-refractivity contribution in [2.75, 3.05) is 4.90 Å². The van der Waals surface area contributed by atoms with Crippen LogP contribution in [-0.2, 0) is 4.74 Å². The van der Waals surface area contributed by atoms with Gasteiger partial charge >= 0.3 is 6.09 Å². The highest BCUT2D eigenvalue weighted by atomic mass is 16.6. The molecule has 2 aromatic rings. The monoisotopic (exact) mass is 335 g/mol. The molecule has 0 spiro atoms. The Morgan fingerprint density at radius 1 is 1.00 bits per heavy atom. The van der Waals surface area contributed by atoms with Gasteiger partial charge in [-0.3, -0.25) is 0 Å². The van der Waals surface area contributed by atoms with E-state index in [1.54, 1.807) is 0 Å². The van der Waals surface area contributed by atoms with E-state index in [2.05, 4.69) is 25.8 Å². The van der Waals surface area contributed by atoms with Gasteiger partial charge in [-0.1, -0.05) is 50.2 Å². The summed E-state index contributed by atoms with van der Waals surface area (Å²) in [5.41, 5.74) is 2.07. The van der Waals surface area contributed by atoms with Gasteiger partial charge in [0.2, 0.25) is 0 Å². The van der Waals surface area contributed by atoms with Gasteiger partial charge in [-0.05, 0) is 56.4 Å². The first-order chi connectivity index (χ1) is 11.8. The predicted octanol–water partition coefficient (Wildman–Crippen LogP) is 5.56. The number of nitrogens with zero attached hydrogens (tertiary/aromatic N) is 1. The van der Waals surface area contributed by atoms with Crippen LogP contribution < -0.4 is 4.90 Å².